The Balaban J connectivity index is 2.08. The highest BCUT2D eigenvalue weighted by atomic mass is 16.7. The average molecular weight is 293 g/mol. The molecule has 2 heterocycles. The Kier molecular flexibility index (Phi) is 3.97. The summed E-state index contributed by atoms with van der Waals surface area (Å²) in [6.45, 7) is 3.77. The van der Waals surface area contributed by atoms with Crippen LogP contribution in [0.4, 0.5) is 11.8 Å². The van der Waals surface area contributed by atoms with Crippen molar-refractivity contribution in [3.8, 4) is 0 Å². The largest absolute Gasteiger partial charge is 0.368 e. The first-order valence-electron chi connectivity index (χ1n) is 7.43. The fraction of sp³-hybridized carbons (Fsp3) is 0.714. The molecule has 3 rings (SSSR count). The Bertz CT molecular complexity index is 512. The van der Waals surface area contributed by atoms with Gasteiger partial charge in [-0.25, -0.2) is 4.98 Å². The summed E-state index contributed by atoms with van der Waals surface area (Å²) < 4.78 is 11.3. The molecule has 1 fully saturated rings. The number of rotatable bonds is 3. The number of nitrogens with one attached hydrogen (secondary N) is 1. The second kappa shape index (κ2) is 5.75. The average Bonchev–Trinajstić information content (AvgIpc) is 2.54. The number of fused-ring (bicyclic) bond motifs is 1. The van der Waals surface area contributed by atoms with E-state index in [1.165, 1.54) is 0 Å². The molecule has 0 spiro atoms. The molecule has 0 bridgehead atoms. The molecule has 7 nitrogen and oxygen atoms in total. The third-order valence-electron chi connectivity index (χ3n) is 4.37. The summed E-state index contributed by atoms with van der Waals surface area (Å²) in [5.41, 5.74) is 7.85. The zero-order valence-electron chi connectivity index (χ0n) is 12.7. The van der Waals surface area contributed by atoms with E-state index in [1.54, 1.807) is 14.2 Å². The van der Waals surface area contributed by atoms with Crippen LogP contribution in [0.15, 0.2) is 0 Å². The van der Waals surface area contributed by atoms with Crippen LogP contribution in [0.1, 0.15) is 24.1 Å². The number of hydrogen-bond acceptors (Lipinski definition) is 7. The molecular formula is C14H23N5O2. The smallest absolute Gasteiger partial charge is 0.222 e. The maximum atomic E-state index is 5.94. The Morgan fingerprint density at radius 2 is 1.90 bits per heavy atom. The van der Waals surface area contributed by atoms with Crippen molar-refractivity contribution < 1.29 is 9.47 Å². The van der Waals surface area contributed by atoms with E-state index in [9.17, 15) is 0 Å². The van der Waals surface area contributed by atoms with Crippen molar-refractivity contribution in [3.63, 3.8) is 0 Å². The minimum atomic E-state index is -0.798. The molecule has 116 valence electrons. The topological polar surface area (TPSA) is 85.5 Å². The highest BCUT2D eigenvalue weighted by Gasteiger charge is 2.41. The maximum absolute atomic E-state index is 5.94. The second-order valence-corrected chi connectivity index (χ2v) is 5.48. The number of ether oxygens (including phenoxy) is 2. The molecule has 1 saturated heterocycles. The predicted octanol–water partition coefficient (Wildman–Crippen LogP) is 0.250. The number of anilines is 2. The SMILES string of the molecule is COC1(OC)CCCc2c(N3CCNCC3)nc(N)nc21. The highest BCUT2D eigenvalue weighted by molar-refractivity contribution is 5.54. The molecule has 1 aliphatic carbocycles. The van der Waals surface area contributed by atoms with Crippen molar-refractivity contribution in [1.29, 1.82) is 0 Å². The molecule has 0 radical (unpaired) electrons. The lowest BCUT2D eigenvalue weighted by molar-refractivity contribution is -0.226. The Labute approximate surface area is 124 Å². The van der Waals surface area contributed by atoms with Gasteiger partial charge >= 0.3 is 0 Å². The van der Waals surface area contributed by atoms with Crippen molar-refractivity contribution in [2.24, 2.45) is 0 Å². The lowest BCUT2D eigenvalue weighted by atomic mass is 9.90. The number of methoxy groups -OCH3 is 2. The monoisotopic (exact) mass is 293 g/mol. The van der Waals surface area contributed by atoms with E-state index in [2.05, 4.69) is 20.2 Å². The number of nitrogens with zero attached hydrogens (tertiary/aromatic N) is 3. The first-order valence-corrected chi connectivity index (χ1v) is 7.43. The summed E-state index contributed by atoms with van der Waals surface area (Å²) >= 11 is 0. The van der Waals surface area contributed by atoms with Crippen molar-refractivity contribution in [2.75, 3.05) is 51.0 Å². The first-order chi connectivity index (χ1) is 10.2. The van der Waals surface area contributed by atoms with Crippen molar-refractivity contribution >= 4 is 11.8 Å². The molecular weight excluding hydrogens is 270 g/mol. The highest BCUT2D eigenvalue weighted by Crippen LogP contribution is 2.40. The fourth-order valence-electron chi connectivity index (χ4n) is 3.27. The van der Waals surface area contributed by atoms with E-state index in [-0.39, 0.29) is 5.95 Å². The van der Waals surface area contributed by atoms with Crippen LogP contribution in [0.2, 0.25) is 0 Å². The molecule has 1 aromatic rings. The van der Waals surface area contributed by atoms with Gasteiger partial charge in [-0.2, -0.15) is 4.98 Å². The summed E-state index contributed by atoms with van der Waals surface area (Å²) in [5, 5.41) is 3.35. The molecule has 1 aromatic heterocycles. The maximum Gasteiger partial charge on any atom is 0.222 e. The summed E-state index contributed by atoms with van der Waals surface area (Å²) in [4.78, 5) is 11.2. The quantitative estimate of drug-likeness (QED) is 0.773. The van der Waals surface area contributed by atoms with Crippen LogP contribution in [0, 0.1) is 0 Å². The summed E-state index contributed by atoms with van der Waals surface area (Å²) in [6, 6.07) is 0. The molecule has 21 heavy (non-hydrogen) atoms. The Morgan fingerprint density at radius 1 is 1.19 bits per heavy atom. The van der Waals surface area contributed by atoms with E-state index in [4.69, 9.17) is 15.2 Å². The zero-order valence-corrected chi connectivity index (χ0v) is 12.7. The van der Waals surface area contributed by atoms with Crippen LogP contribution in [0.5, 0.6) is 0 Å². The molecule has 0 atom stereocenters. The summed E-state index contributed by atoms with van der Waals surface area (Å²) in [6.07, 6.45) is 2.70. The number of nitrogen functional groups attached to an aromatic ring is 1. The number of aromatic nitrogens is 2. The molecule has 7 heteroatoms. The number of hydrogen-bond donors (Lipinski definition) is 2. The molecule has 2 aliphatic rings. The standard InChI is InChI=1S/C14H23N5O2/c1-20-14(21-2)5-3-4-10-11(14)17-13(15)18-12(10)19-8-6-16-7-9-19/h16H,3-9H2,1-2H3,(H2,15,17,18). The van der Waals surface area contributed by atoms with Crippen LogP contribution in [0.3, 0.4) is 0 Å². The lowest BCUT2D eigenvalue weighted by Crippen LogP contribution is -2.45. The van der Waals surface area contributed by atoms with Gasteiger partial charge in [0.05, 0.1) is 0 Å². The zero-order chi connectivity index (χ0) is 14.9. The van der Waals surface area contributed by atoms with Gasteiger partial charge in [0, 0.05) is 52.4 Å². The van der Waals surface area contributed by atoms with Gasteiger partial charge in [0.25, 0.3) is 0 Å². The normalized spacial score (nSPS) is 21.1. The van der Waals surface area contributed by atoms with Gasteiger partial charge in [0.2, 0.25) is 11.7 Å². The fourth-order valence-corrected chi connectivity index (χ4v) is 3.27. The number of nitrogens with two attached hydrogens (primary N) is 1. The van der Waals surface area contributed by atoms with Gasteiger partial charge in [0.1, 0.15) is 11.5 Å². The van der Waals surface area contributed by atoms with E-state index in [0.29, 0.717) is 0 Å². The van der Waals surface area contributed by atoms with Gasteiger partial charge < -0.3 is 25.4 Å². The minimum absolute atomic E-state index is 0.280. The third-order valence-corrected chi connectivity index (χ3v) is 4.37. The van der Waals surface area contributed by atoms with Crippen molar-refractivity contribution in [2.45, 2.75) is 25.0 Å². The van der Waals surface area contributed by atoms with Crippen LogP contribution < -0.4 is 16.0 Å². The first kappa shape index (κ1) is 14.5. The van der Waals surface area contributed by atoms with Crippen LogP contribution >= 0.6 is 0 Å². The lowest BCUT2D eigenvalue weighted by Gasteiger charge is -2.38. The van der Waals surface area contributed by atoms with E-state index in [1.807, 2.05) is 0 Å². The van der Waals surface area contributed by atoms with E-state index >= 15 is 0 Å². The molecule has 0 amide bonds. The molecule has 1 aliphatic heterocycles. The Morgan fingerprint density at radius 3 is 2.57 bits per heavy atom. The van der Waals surface area contributed by atoms with Crippen LogP contribution in [-0.2, 0) is 21.7 Å². The van der Waals surface area contributed by atoms with Gasteiger partial charge in [-0.05, 0) is 12.8 Å². The molecule has 3 N–H and O–H groups in total. The summed E-state index contributed by atoms with van der Waals surface area (Å²) in [7, 11) is 3.31. The van der Waals surface area contributed by atoms with Gasteiger partial charge in [0.15, 0.2) is 0 Å². The molecule has 0 saturated carbocycles. The predicted molar refractivity (Wildman–Crippen MR) is 80.2 cm³/mol. The van der Waals surface area contributed by atoms with Gasteiger partial charge in [-0.15, -0.1) is 0 Å². The van der Waals surface area contributed by atoms with Gasteiger partial charge in [-0.1, -0.05) is 0 Å². The van der Waals surface area contributed by atoms with Crippen LogP contribution in [-0.4, -0.2) is 50.4 Å². The molecule has 0 aromatic carbocycles. The Hall–Kier alpha value is -1.44. The minimum Gasteiger partial charge on any atom is -0.368 e. The van der Waals surface area contributed by atoms with Crippen molar-refractivity contribution in [3.05, 3.63) is 11.3 Å². The van der Waals surface area contributed by atoms with Gasteiger partial charge in [-0.3, -0.25) is 0 Å². The third kappa shape index (κ3) is 2.45. The van der Waals surface area contributed by atoms with Crippen LogP contribution in [0.25, 0.3) is 0 Å². The van der Waals surface area contributed by atoms with E-state index < -0.39 is 5.79 Å². The van der Waals surface area contributed by atoms with E-state index in [0.717, 1.165) is 62.5 Å². The second-order valence-electron chi connectivity index (χ2n) is 5.48. The van der Waals surface area contributed by atoms with Crippen molar-refractivity contribution in [1.82, 2.24) is 15.3 Å². The number of piperazine rings is 1. The summed E-state index contributed by atoms with van der Waals surface area (Å²) in [5.74, 6) is 0.424. The molecule has 0 unspecified atom stereocenters.